The molecule has 1 heterocycles. The van der Waals surface area contributed by atoms with E-state index in [0.717, 1.165) is 22.4 Å². The van der Waals surface area contributed by atoms with Gasteiger partial charge >= 0.3 is 0 Å². The Bertz CT molecular complexity index is 1370. The third-order valence-corrected chi connectivity index (χ3v) is 8.88. The van der Waals surface area contributed by atoms with Crippen LogP contribution >= 0.6 is 23.2 Å². The van der Waals surface area contributed by atoms with E-state index in [-0.39, 0.29) is 17.3 Å². The zero-order chi connectivity index (χ0) is 26.0. The minimum atomic E-state index is -4.00. The molecule has 6 nitrogen and oxygen atoms in total. The van der Waals surface area contributed by atoms with Crippen LogP contribution in [0.2, 0.25) is 10.0 Å². The van der Waals surface area contributed by atoms with Gasteiger partial charge in [0.25, 0.3) is 10.0 Å². The van der Waals surface area contributed by atoms with Crippen LogP contribution in [-0.2, 0) is 14.8 Å². The molecule has 0 atom stereocenters. The topological polar surface area (TPSA) is 60.9 Å². The highest BCUT2D eigenvalue weighted by atomic mass is 35.5. The average molecular weight is 547 g/mol. The standard InChI is InChI=1S/C27H29Cl2N3O3S/c1-19-5-9-24(16-21(19)3)32(36(34,35)25-10-7-22(28)8-11-25)18-27(33)31-14-12-30(13-15-31)26-17-23(29)6-4-20(26)2/h4-11,16-17H,12-15,18H2,1-3H3. The first kappa shape index (κ1) is 26.3. The second-order valence-electron chi connectivity index (χ2n) is 9.03. The van der Waals surface area contributed by atoms with Gasteiger partial charge in [-0.25, -0.2) is 8.42 Å². The number of piperazine rings is 1. The molecule has 1 saturated heterocycles. The predicted octanol–water partition coefficient (Wildman–Crippen LogP) is 5.46. The molecule has 0 spiro atoms. The number of rotatable bonds is 6. The lowest BCUT2D eigenvalue weighted by atomic mass is 10.1. The number of hydrogen-bond donors (Lipinski definition) is 0. The Kier molecular flexibility index (Phi) is 7.83. The molecular weight excluding hydrogens is 517 g/mol. The normalized spacial score (nSPS) is 14.1. The molecule has 36 heavy (non-hydrogen) atoms. The van der Waals surface area contributed by atoms with Gasteiger partial charge in [0.1, 0.15) is 6.54 Å². The fourth-order valence-corrected chi connectivity index (χ4v) is 5.97. The maximum absolute atomic E-state index is 13.7. The molecular formula is C27H29Cl2N3O3S. The van der Waals surface area contributed by atoms with Crippen LogP contribution in [0.15, 0.2) is 65.6 Å². The maximum atomic E-state index is 13.7. The van der Waals surface area contributed by atoms with Crippen molar-refractivity contribution in [3.63, 3.8) is 0 Å². The smallest absolute Gasteiger partial charge is 0.264 e. The third kappa shape index (κ3) is 5.64. The number of nitrogens with zero attached hydrogens (tertiary/aromatic N) is 3. The summed E-state index contributed by atoms with van der Waals surface area (Å²) in [6.07, 6.45) is 0. The van der Waals surface area contributed by atoms with E-state index in [1.165, 1.54) is 28.6 Å². The molecule has 1 aliphatic heterocycles. The van der Waals surface area contributed by atoms with Gasteiger partial charge in [0, 0.05) is 41.9 Å². The van der Waals surface area contributed by atoms with Gasteiger partial charge in [0.2, 0.25) is 5.91 Å². The summed E-state index contributed by atoms with van der Waals surface area (Å²) in [5, 5.41) is 1.11. The molecule has 0 aromatic heterocycles. The lowest BCUT2D eigenvalue weighted by Gasteiger charge is -2.37. The summed E-state index contributed by atoms with van der Waals surface area (Å²) in [6.45, 7) is 7.89. The first-order valence-corrected chi connectivity index (χ1v) is 13.9. The van der Waals surface area contributed by atoms with E-state index < -0.39 is 10.0 Å². The zero-order valence-electron chi connectivity index (χ0n) is 20.5. The maximum Gasteiger partial charge on any atom is 0.264 e. The summed E-state index contributed by atoms with van der Waals surface area (Å²) in [6, 6.07) is 17.2. The monoisotopic (exact) mass is 545 g/mol. The second-order valence-corrected chi connectivity index (χ2v) is 11.8. The van der Waals surface area contributed by atoms with Crippen molar-refractivity contribution in [1.82, 2.24) is 4.90 Å². The summed E-state index contributed by atoms with van der Waals surface area (Å²) in [7, 11) is -4.00. The first-order chi connectivity index (χ1) is 17.1. The summed E-state index contributed by atoms with van der Waals surface area (Å²) < 4.78 is 28.5. The highest BCUT2D eigenvalue weighted by molar-refractivity contribution is 7.92. The Labute approximate surface area is 223 Å². The van der Waals surface area contributed by atoms with Crippen molar-refractivity contribution in [2.45, 2.75) is 25.7 Å². The summed E-state index contributed by atoms with van der Waals surface area (Å²) in [5.41, 5.74) is 4.61. The Morgan fingerprint density at radius 3 is 2.06 bits per heavy atom. The Balaban J connectivity index is 1.56. The second kappa shape index (κ2) is 10.7. The number of halogens is 2. The fraction of sp³-hybridized carbons (Fsp3) is 0.296. The highest BCUT2D eigenvalue weighted by Gasteiger charge is 2.30. The molecule has 0 N–H and O–H groups in total. The lowest BCUT2D eigenvalue weighted by Crippen LogP contribution is -2.52. The molecule has 3 aromatic rings. The molecule has 1 aliphatic rings. The van der Waals surface area contributed by atoms with E-state index >= 15 is 0 Å². The van der Waals surface area contributed by atoms with Crippen molar-refractivity contribution >= 4 is 50.5 Å². The van der Waals surface area contributed by atoms with Crippen molar-refractivity contribution in [2.24, 2.45) is 0 Å². The van der Waals surface area contributed by atoms with Crippen LogP contribution in [0, 0.1) is 20.8 Å². The summed E-state index contributed by atoms with van der Waals surface area (Å²) in [5.74, 6) is -0.242. The largest absolute Gasteiger partial charge is 0.368 e. The van der Waals surface area contributed by atoms with Crippen LogP contribution in [0.25, 0.3) is 0 Å². The van der Waals surface area contributed by atoms with E-state index in [1.54, 1.807) is 17.0 Å². The van der Waals surface area contributed by atoms with Gasteiger partial charge in [-0.05, 0) is 86.0 Å². The number of carbonyl (C=O) groups is 1. The lowest BCUT2D eigenvalue weighted by molar-refractivity contribution is -0.129. The van der Waals surface area contributed by atoms with Gasteiger partial charge in [-0.3, -0.25) is 9.10 Å². The predicted molar refractivity (Wildman–Crippen MR) is 147 cm³/mol. The minimum absolute atomic E-state index is 0.0826. The molecule has 190 valence electrons. The minimum Gasteiger partial charge on any atom is -0.368 e. The zero-order valence-corrected chi connectivity index (χ0v) is 22.9. The van der Waals surface area contributed by atoms with Crippen LogP contribution in [0.5, 0.6) is 0 Å². The van der Waals surface area contributed by atoms with Crippen LogP contribution in [0.1, 0.15) is 16.7 Å². The molecule has 0 radical (unpaired) electrons. The van der Waals surface area contributed by atoms with Crippen LogP contribution < -0.4 is 9.21 Å². The molecule has 0 aliphatic carbocycles. The fourth-order valence-electron chi connectivity index (χ4n) is 4.27. The molecule has 4 rings (SSSR count). The van der Waals surface area contributed by atoms with Crippen LogP contribution in [-0.4, -0.2) is 51.9 Å². The number of carbonyl (C=O) groups excluding carboxylic acids is 1. The van der Waals surface area contributed by atoms with Gasteiger partial charge < -0.3 is 9.80 Å². The van der Waals surface area contributed by atoms with Gasteiger partial charge in [-0.15, -0.1) is 0 Å². The molecule has 9 heteroatoms. The van der Waals surface area contributed by atoms with Gasteiger partial charge in [-0.2, -0.15) is 0 Å². The van der Waals surface area contributed by atoms with Gasteiger partial charge in [0.05, 0.1) is 10.6 Å². The molecule has 3 aromatic carbocycles. The van der Waals surface area contributed by atoms with E-state index in [0.29, 0.717) is 41.9 Å². The molecule has 0 unspecified atom stereocenters. The Morgan fingerprint density at radius 2 is 1.42 bits per heavy atom. The average Bonchev–Trinajstić information content (AvgIpc) is 2.86. The SMILES string of the molecule is Cc1ccc(N(CC(=O)N2CCN(c3cc(Cl)ccc3C)CC2)S(=O)(=O)c2ccc(Cl)cc2)cc1C. The summed E-state index contributed by atoms with van der Waals surface area (Å²) >= 11 is 12.2. The van der Waals surface area contributed by atoms with E-state index in [9.17, 15) is 13.2 Å². The van der Waals surface area contributed by atoms with E-state index in [4.69, 9.17) is 23.2 Å². The number of benzene rings is 3. The van der Waals surface area contributed by atoms with E-state index in [1.807, 2.05) is 45.0 Å². The highest BCUT2D eigenvalue weighted by Crippen LogP contribution is 2.28. The van der Waals surface area contributed by atoms with Crippen LogP contribution in [0.4, 0.5) is 11.4 Å². The summed E-state index contributed by atoms with van der Waals surface area (Å²) in [4.78, 5) is 17.4. The number of sulfonamides is 1. The molecule has 0 saturated carbocycles. The Morgan fingerprint density at radius 1 is 0.806 bits per heavy atom. The van der Waals surface area contributed by atoms with Gasteiger partial charge in [0.15, 0.2) is 0 Å². The van der Waals surface area contributed by atoms with E-state index in [2.05, 4.69) is 4.90 Å². The first-order valence-electron chi connectivity index (χ1n) is 11.7. The number of anilines is 2. The van der Waals surface area contributed by atoms with Crippen molar-refractivity contribution in [1.29, 1.82) is 0 Å². The van der Waals surface area contributed by atoms with Gasteiger partial charge in [-0.1, -0.05) is 35.3 Å². The number of amides is 1. The van der Waals surface area contributed by atoms with Crippen molar-refractivity contribution in [3.8, 4) is 0 Å². The van der Waals surface area contributed by atoms with Crippen molar-refractivity contribution in [3.05, 3.63) is 87.4 Å². The molecule has 1 fully saturated rings. The quantitative estimate of drug-likeness (QED) is 0.412. The van der Waals surface area contributed by atoms with Crippen molar-refractivity contribution < 1.29 is 13.2 Å². The third-order valence-electron chi connectivity index (χ3n) is 6.60. The number of hydrogen-bond acceptors (Lipinski definition) is 4. The molecule has 0 bridgehead atoms. The van der Waals surface area contributed by atoms with Crippen LogP contribution in [0.3, 0.4) is 0 Å². The molecule has 1 amide bonds. The van der Waals surface area contributed by atoms with Crippen molar-refractivity contribution in [2.75, 3.05) is 41.9 Å². The Hall–Kier alpha value is -2.74. The number of aryl methyl sites for hydroxylation is 3.